The number of nitrogens with zero attached hydrogens (tertiary/aromatic N) is 2. The van der Waals surface area contributed by atoms with Crippen LogP contribution in [0, 0.1) is 11.6 Å². The Hall–Kier alpha value is -4.87. The number of fused-ring (bicyclic) bond motifs is 1. The molecule has 0 bridgehead atoms. The largest absolute Gasteiger partial charge is 0.493 e. The Morgan fingerprint density at radius 2 is 1.74 bits per heavy atom. The Balaban J connectivity index is 1.49. The van der Waals surface area contributed by atoms with E-state index in [1.807, 2.05) is 30.3 Å². The number of methoxy groups -OCH3 is 1. The highest BCUT2D eigenvalue weighted by Gasteiger charge is 2.35. The topological polar surface area (TPSA) is 79.1 Å². The van der Waals surface area contributed by atoms with E-state index in [4.69, 9.17) is 19.2 Å². The number of esters is 1. The lowest BCUT2D eigenvalue weighted by Gasteiger charge is -2.25. The molecular weight excluding hydrogens is 690 g/mol. The Labute approximate surface area is 280 Å². The van der Waals surface area contributed by atoms with Gasteiger partial charge in [0.2, 0.25) is 0 Å². The van der Waals surface area contributed by atoms with Crippen molar-refractivity contribution >= 4 is 45.0 Å². The molecule has 1 aromatic heterocycles. The van der Waals surface area contributed by atoms with Gasteiger partial charge in [-0.25, -0.2) is 18.6 Å². The SMILES string of the molecule is CCOC(=O)C1=C(c2ccccc2)N=c2s/c(=C\c3cc(Br)c(OCc4ccccc4F)c(OC)c3)c(=O)n2C1c1ccc(F)cc1. The van der Waals surface area contributed by atoms with Crippen molar-refractivity contribution in [3.05, 3.63) is 155 Å². The predicted octanol–water partition coefficient (Wildman–Crippen LogP) is 6.56. The Morgan fingerprint density at radius 3 is 2.45 bits per heavy atom. The average Bonchev–Trinajstić information content (AvgIpc) is 3.38. The van der Waals surface area contributed by atoms with Gasteiger partial charge in [-0.05, 0) is 70.4 Å². The fourth-order valence-electron chi connectivity index (χ4n) is 5.28. The van der Waals surface area contributed by atoms with Crippen LogP contribution in [0.2, 0.25) is 0 Å². The zero-order chi connectivity index (χ0) is 33.1. The summed E-state index contributed by atoms with van der Waals surface area (Å²) in [4.78, 5) is 32.9. The summed E-state index contributed by atoms with van der Waals surface area (Å²) in [6.45, 7) is 1.79. The van der Waals surface area contributed by atoms with Crippen LogP contribution >= 0.6 is 27.3 Å². The van der Waals surface area contributed by atoms with Crippen LogP contribution in [-0.4, -0.2) is 24.3 Å². The summed E-state index contributed by atoms with van der Waals surface area (Å²) in [5, 5.41) is 0. The van der Waals surface area contributed by atoms with Crippen LogP contribution in [0.5, 0.6) is 11.5 Å². The molecule has 0 saturated heterocycles. The van der Waals surface area contributed by atoms with Gasteiger partial charge in [0.1, 0.15) is 18.2 Å². The van der Waals surface area contributed by atoms with Gasteiger partial charge in [0.25, 0.3) is 5.56 Å². The summed E-state index contributed by atoms with van der Waals surface area (Å²) >= 11 is 4.69. The lowest BCUT2D eigenvalue weighted by atomic mass is 9.93. The number of thiazole rings is 1. The Morgan fingerprint density at radius 1 is 1.02 bits per heavy atom. The van der Waals surface area contributed by atoms with E-state index in [0.29, 0.717) is 53.3 Å². The molecule has 47 heavy (non-hydrogen) atoms. The highest BCUT2D eigenvalue weighted by Crippen LogP contribution is 2.38. The number of carbonyl (C=O) groups excluding carboxylic acids is 1. The fraction of sp³-hybridized carbons (Fsp3) is 0.139. The molecular formula is C36H27BrF2N2O5S. The number of rotatable bonds is 9. The van der Waals surface area contributed by atoms with Crippen LogP contribution < -0.4 is 24.4 Å². The van der Waals surface area contributed by atoms with Gasteiger partial charge in [0, 0.05) is 11.1 Å². The molecule has 1 aliphatic heterocycles. The molecule has 1 aliphatic rings. The minimum Gasteiger partial charge on any atom is -0.493 e. The molecule has 4 aromatic carbocycles. The Bertz CT molecular complexity index is 2180. The summed E-state index contributed by atoms with van der Waals surface area (Å²) in [7, 11) is 1.49. The molecule has 0 aliphatic carbocycles. The molecule has 238 valence electrons. The van der Waals surface area contributed by atoms with Gasteiger partial charge in [0.15, 0.2) is 16.3 Å². The van der Waals surface area contributed by atoms with Gasteiger partial charge in [0.05, 0.1) is 40.0 Å². The molecule has 0 radical (unpaired) electrons. The van der Waals surface area contributed by atoms with Gasteiger partial charge >= 0.3 is 5.97 Å². The van der Waals surface area contributed by atoms with Crippen LogP contribution in [0.25, 0.3) is 11.8 Å². The molecule has 0 spiro atoms. The molecule has 2 heterocycles. The first-order valence-corrected chi connectivity index (χ1v) is 16.2. The summed E-state index contributed by atoms with van der Waals surface area (Å²) in [6, 6.07) is 23.7. The van der Waals surface area contributed by atoms with Crippen LogP contribution in [0.3, 0.4) is 0 Å². The third kappa shape index (κ3) is 6.54. The van der Waals surface area contributed by atoms with Crippen molar-refractivity contribution in [3.63, 3.8) is 0 Å². The molecule has 0 fully saturated rings. The van der Waals surface area contributed by atoms with E-state index in [1.165, 1.54) is 29.9 Å². The molecule has 11 heteroatoms. The fourth-order valence-corrected chi connectivity index (χ4v) is 6.86. The van der Waals surface area contributed by atoms with Crippen LogP contribution in [0.15, 0.2) is 111 Å². The number of hydrogen-bond donors (Lipinski definition) is 0. The normalized spacial score (nSPS) is 14.4. The Kier molecular flexibility index (Phi) is 9.46. The number of halogens is 3. The summed E-state index contributed by atoms with van der Waals surface area (Å²) in [5.41, 5.74) is 2.33. The minimum absolute atomic E-state index is 0.0183. The van der Waals surface area contributed by atoms with Crippen molar-refractivity contribution in [2.75, 3.05) is 13.7 Å². The molecule has 0 N–H and O–H groups in total. The minimum atomic E-state index is -0.932. The summed E-state index contributed by atoms with van der Waals surface area (Å²) < 4.78 is 47.5. The molecule has 5 aromatic rings. The van der Waals surface area contributed by atoms with Gasteiger partial charge in [-0.2, -0.15) is 0 Å². The van der Waals surface area contributed by atoms with E-state index in [2.05, 4.69) is 15.9 Å². The van der Waals surface area contributed by atoms with Crippen LogP contribution in [-0.2, 0) is 16.1 Å². The molecule has 0 amide bonds. The van der Waals surface area contributed by atoms with Crippen molar-refractivity contribution in [3.8, 4) is 11.5 Å². The smallest absolute Gasteiger partial charge is 0.338 e. The zero-order valence-corrected chi connectivity index (χ0v) is 27.6. The number of benzene rings is 4. The molecule has 6 rings (SSSR count). The van der Waals surface area contributed by atoms with Gasteiger partial charge in [-0.15, -0.1) is 0 Å². The maximum absolute atomic E-state index is 14.2. The lowest BCUT2D eigenvalue weighted by Crippen LogP contribution is -2.40. The van der Waals surface area contributed by atoms with E-state index in [0.717, 1.165) is 11.3 Å². The lowest BCUT2D eigenvalue weighted by molar-refractivity contribution is -0.138. The second kappa shape index (κ2) is 13.9. The maximum atomic E-state index is 14.2. The first-order chi connectivity index (χ1) is 22.8. The van der Waals surface area contributed by atoms with Crippen LogP contribution in [0.4, 0.5) is 8.78 Å². The van der Waals surface area contributed by atoms with E-state index < -0.39 is 23.4 Å². The third-order valence-electron chi connectivity index (χ3n) is 7.44. The number of carbonyl (C=O) groups is 1. The van der Waals surface area contributed by atoms with Crippen molar-refractivity contribution < 1.29 is 27.8 Å². The highest BCUT2D eigenvalue weighted by molar-refractivity contribution is 9.10. The van der Waals surface area contributed by atoms with Crippen molar-refractivity contribution in [2.24, 2.45) is 4.99 Å². The van der Waals surface area contributed by atoms with Crippen molar-refractivity contribution in [1.29, 1.82) is 0 Å². The summed E-state index contributed by atoms with van der Waals surface area (Å²) in [6.07, 6.45) is 1.69. The second-order valence-electron chi connectivity index (χ2n) is 10.4. The molecule has 0 saturated carbocycles. The molecule has 7 nitrogen and oxygen atoms in total. The third-order valence-corrected chi connectivity index (χ3v) is 9.01. The monoisotopic (exact) mass is 716 g/mol. The molecule has 1 unspecified atom stereocenters. The quantitative estimate of drug-likeness (QED) is 0.162. The first kappa shape index (κ1) is 32.1. The van der Waals surface area contributed by atoms with E-state index >= 15 is 0 Å². The van der Waals surface area contributed by atoms with Crippen molar-refractivity contribution in [2.45, 2.75) is 19.6 Å². The maximum Gasteiger partial charge on any atom is 0.338 e. The standard InChI is InChI=1S/C36H27BrF2N2O5S/c1-3-45-35(43)30-31(22-9-5-4-6-10-22)40-36-41(32(30)23-13-15-25(38)16-14-23)34(42)29(47-36)19-21-17-26(37)33(28(18-21)44-2)46-20-24-11-7-8-12-27(24)39/h4-19,32H,3,20H2,1-2H3/b29-19-. The highest BCUT2D eigenvalue weighted by atomic mass is 79.9. The number of hydrogen-bond acceptors (Lipinski definition) is 7. The van der Waals surface area contributed by atoms with Gasteiger partial charge in [-0.1, -0.05) is 72.0 Å². The van der Waals surface area contributed by atoms with E-state index in [-0.39, 0.29) is 24.6 Å². The number of aromatic nitrogens is 1. The van der Waals surface area contributed by atoms with E-state index in [1.54, 1.807) is 55.5 Å². The molecule has 1 atom stereocenters. The second-order valence-corrected chi connectivity index (χ2v) is 12.3. The van der Waals surface area contributed by atoms with E-state index in [9.17, 15) is 18.4 Å². The zero-order valence-electron chi connectivity index (χ0n) is 25.2. The first-order valence-electron chi connectivity index (χ1n) is 14.6. The van der Waals surface area contributed by atoms with Gasteiger partial charge in [-0.3, -0.25) is 9.36 Å². The van der Waals surface area contributed by atoms with Crippen molar-refractivity contribution in [1.82, 2.24) is 4.57 Å². The predicted molar refractivity (Wildman–Crippen MR) is 179 cm³/mol. The van der Waals surface area contributed by atoms with Crippen LogP contribution in [0.1, 0.15) is 35.2 Å². The van der Waals surface area contributed by atoms with Gasteiger partial charge < -0.3 is 14.2 Å². The average molecular weight is 718 g/mol. The number of ether oxygens (including phenoxy) is 3. The summed E-state index contributed by atoms with van der Waals surface area (Å²) in [5.74, 6) is -0.715.